The molecule has 0 saturated heterocycles. The first-order chi connectivity index (χ1) is 8.51. The van der Waals surface area contributed by atoms with E-state index in [1.165, 1.54) is 6.07 Å². The predicted octanol–water partition coefficient (Wildman–Crippen LogP) is 3.36. The van der Waals surface area contributed by atoms with E-state index >= 15 is 0 Å². The summed E-state index contributed by atoms with van der Waals surface area (Å²) in [6.45, 7) is 0. The van der Waals surface area contributed by atoms with Crippen molar-refractivity contribution < 1.29 is 9.18 Å². The Morgan fingerprint density at radius 1 is 1.33 bits per heavy atom. The Kier molecular flexibility index (Phi) is 4.17. The van der Waals surface area contributed by atoms with Crippen molar-refractivity contribution in [1.82, 2.24) is 0 Å². The molecule has 1 saturated carbocycles. The van der Waals surface area contributed by atoms with E-state index in [0.717, 1.165) is 32.1 Å². The average Bonchev–Trinajstić information content (AvgIpc) is 2.33. The number of hydrogen-bond acceptors (Lipinski definition) is 2. The minimum absolute atomic E-state index is 0.0385. The van der Waals surface area contributed by atoms with Gasteiger partial charge in [-0.05, 0) is 30.5 Å². The summed E-state index contributed by atoms with van der Waals surface area (Å²) in [5.41, 5.74) is 5.84. The second-order valence-electron chi connectivity index (χ2n) is 5.05. The van der Waals surface area contributed by atoms with E-state index < -0.39 is 5.54 Å². The van der Waals surface area contributed by atoms with Crippen molar-refractivity contribution in [3.63, 3.8) is 0 Å². The summed E-state index contributed by atoms with van der Waals surface area (Å²) in [4.78, 5) is 12.2. The number of carbonyl (C=O) groups excluding carboxylic acids is 1. The molecule has 1 aliphatic rings. The average molecular weight is 314 g/mol. The van der Waals surface area contributed by atoms with Crippen molar-refractivity contribution in [2.24, 2.45) is 5.73 Å². The zero-order valence-corrected chi connectivity index (χ0v) is 11.8. The summed E-state index contributed by atoms with van der Waals surface area (Å²) < 4.78 is 14.4. The number of rotatable bonds is 3. The Balaban J connectivity index is 2.11. The van der Waals surface area contributed by atoms with Crippen LogP contribution in [0.4, 0.5) is 4.39 Å². The van der Waals surface area contributed by atoms with Crippen LogP contribution >= 0.6 is 15.9 Å². The van der Waals surface area contributed by atoms with Gasteiger partial charge < -0.3 is 5.73 Å². The van der Waals surface area contributed by atoms with Crippen LogP contribution in [0, 0.1) is 5.82 Å². The molecule has 4 heteroatoms. The molecule has 0 amide bonds. The highest BCUT2D eigenvalue weighted by molar-refractivity contribution is 9.10. The van der Waals surface area contributed by atoms with Gasteiger partial charge in [0, 0.05) is 10.9 Å². The summed E-state index contributed by atoms with van der Waals surface area (Å²) in [5, 5.41) is 0. The minimum Gasteiger partial charge on any atom is -0.319 e. The SMILES string of the molecule is NC1(C(=O)Cc2ccc(Br)cc2F)CCCCC1. The van der Waals surface area contributed by atoms with Gasteiger partial charge in [0.1, 0.15) is 5.82 Å². The second kappa shape index (κ2) is 5.49. The molecule has 1 aliphatic carbocycles. The fourth-order valence-electron chi connectivity index (χ4n) is 2.48. The smallest absolute Gasteiger partial charge is 0.157 e. The van der Waals surface area contributed by atoms with E-state index in [0.29, 0.717) is 10.0 Å². The zero-order chi connectivity index (χ0) is 13.2. The molecule has 2 rings (SSSR count). The van der Waals surface area contributed by atoms with Gasteiger partial charge in [0.15, 0.2) is 5.78 Å². The van der Waals surface area contributed by atoms with E-state index in [1.54, 1.807) is 12.1 Å². The summed E-state index contributed by atoms with van der Waals surface area (Å²) in [6, 6.07) is 4.77. The van der Waals surface area contributed by atoms with Crippen LogP contribution in [0.1, 0.15) is 37.7 Å². The molecule has 0 heterocycles. The number of hydrogen-bond donors (Lipinski definition) is 1. The molecule has 0 radical (unpaired) electrons. The minimum atomic E-state index is -0.738. The number of halogens is 2. The van der Waals surface area contributed by atoms with Crippen LogP contribution in [0.25, 0.3) is 0 Å². The van der Waals surface area contributed by atoms with Gasteiger partial charge in [-0.3, -0.25) is 4.79 Å². The van der Waals surface area contributed by atoms with Crippen LogP contribution in [0.2, 0.25) is 0 Å². The number of nitrogens with two attached hydrogens (primary N) is 1. The van der Waals surface area contributed by atoms with Gasteiger partial charge in [-0.25, -0.2) is 4.39 Å². The first-order valence-corrected chi connectivity index (χ1v) is 7.07. The Bertz CT molecular complexity index is 455. The first kappa shape index (κ1) is 13.7. The molecule has 0 aliphatic heterocycles. The molecule has 0 spiro atoms. The zero-order valence-electron chi connectivity index (χ0n) is 10.2. The van der Waals surface area contributed by atoms with Crippen LogP contribution < -0.4 is 5.73 Å². The first-order valence-electron chi connectivity index (χ1n) is 6.27. The molecule has 98 valence electrons. The van der Waals surface area contributed by atoms with Crippen molar-refractivity contribution in [2.75, 3.05) is 0 Å². The van der Waals surface area contributed by atoms with Crippen molar-refractivity contribution in [2.45, 2.75) is 44.1 Å². The monoisotopic (exact) mass is 313 g/mol. The fraction of sp³-hybridized carbons (Fsp3) is 0.500. The lowest BCUT2D eigenvalue weighted by Gasteiger charge is -2.31. The second-order valence-corrected chi connectivity index (χ2v) is 5.97. The maximum Gasteiger partial charge on any atom is 0.157 e. The molecule has 0 atom stereocenters. The van der Waals surface area contributed by atoms with Crippen LogP contribution in [0.5, 0.6) is 0 Å². The number of carbonyl (C=O) groups is 1. The van der Waals surface area contributed by atoms with E-state index in [1.807, 2.05) is 0 Å². The van der Waals surface area contributed by atoms with E-state index in [4.69, 9.17) is 5.73 Å². The summed E-state index contributed by atoms with van der Waals surface area (Å²) in [7, 11) is 0. The maximum atomic E-state index is 13.7. The molecule has 1 fully saturated rings. The Morgan fingerprint density at radius 2 is 2.00 bits per heavy atom. The van der Waals surface area contributed by atoms with Crippen molar-refractivity contribution in [1.29, 1.82) is 0 Å². The predicted molar refractivity (Wildman–Crippen MR) is 72.8 cm³/mol. The lowest BCUT2D eigenvalue weighted by atomic mass is 9.78. The van der Waals surface area contributed by atoms with Crippen molar-refractivity contribution in [3.05, 3.63) is 34.1 Å². The number of benzene rings is 1. The highest BCUT2D eigenvalue weighted by Crippen LogP contribution is 2.28. The molecule has 1 aromatic rings. The van der Waals surface area contributed by atoms with Crippen molar-refractivity contribution in [3.8, 4) is 0 Å². The van der Waals surface area contributed by atoms with Gasteiger partial charge >= 0.3 is 0 Å². The van der Waals surface area contributed by atoms with E-state index in [2.05, 4.69) is 15.9 Å². The highest BCUT2D eigenvalue weighted by Gasteiger charge is 2.34. The van der Waals surface area contributed by atoms with Crippen LogP contribution in [-0.2, 0) is 11.2 Å². The molecular weight excluding hydrogens is 297 g/mol. The third-order valence-electron chi connectivity index (χ3n) is 3.67. The molecule has 0 unspecified atom stereocenters. The van der Waals surface area contributed by atoms with Crippen molar-refractivity contribution >= 4 is 21.7 Å². The molecular formula is C14H17BrFNO. The van der Waals surface area contributed by atoms with Gasteiger partial charge in [-0.1, -0.05) is 41.3 Å². The van der Waals surface area contributed by atoms with E-state index in [-0.39, 0.29) is 18.0 Å². The van der Waals surface area contributed by atoms with Gasteiger partial charge in [-0.15, -0.1) is 0 Å². The van der Waals surface area contributed by atoms with Gasteiger partial charge in [0.2, 0.25) is 0 Å². The molecule has 1 aromatic carbocycles. The van der Waals surface area contributed by atoms with Crippen LogP contribution in [0.15, 0.2) is 22.7 Å². The Labute approximate surface area is 115 Å². The third kappa shape index (κ3) is 2.98. The van der Waals surface area contributed by atoms with Crippen LogP contribution in [-0.4, -0.2) is 11.3 Å². The Morgan fingerprint density at radius 3 is 2.61 bits per heavy atom. The molecule has 0 bridgehead atoms. The standard InChI is InChI=1S/C14H17BrFNO/c15-11-5-4-10(12(16)9-11)8-13(18)14(17)6-2-1-3-7-14/h4-5,9H,1-3,6-8,17H2. The number of Topliss-reactive ketones (excluding diaryl/α,β-unsaturated/α-hetero) is 1. The normalized spacial score (nSPS) is 18.6. The maximum absolute atomic E-state index is 13.7. The quantitative estimate of drug-likeness (QED) is 0.929. The number of ketones is 1. The fourth-order valence-corrected chi connectivity index (χ4v) is 2.81. The van der Waals surface area contributed by atoms with Gasteiger partial charge in [0.05, 0.1) is 5.54 Å². The molecule has 2 N–H and O–H groups in total. The largest absolute Gasteiger partial charge is 0.319 e. The third-order valence-corrected chi connectivity index (χ3v) is 4.16. The topological polar surface area (TPSA) is 43.1 Å². The lowest BCUT2D eigenvalue weighted by molar-refractivity contribution is -0.124. The summed E-state index contributed by atoms with van der Waals surface area (Å²) >= 11 is 3.20. The molecule has 2 nitrogen and oxygen atoms in total. The summed E-state index contributed by atoms with van der Waals surface area (Å²) in [6.07, 6.45) is 4.67. The Hall–Kier alpha value is -0.740. The van der Waals surface area contributed by atoms with Gasteiger partial charge in [0.25, 0.3) is 0 Å². The van der Waals surface area contributed by atoms with Crippen LogP contribution in [0.3, 0.4) is 0 Å². The molecule has 0 aromatic heterocycles. The summed E-state index contributed by atoms with van der Waals surface area (Å²) in [5.74, 6) is -0.388. The van der Waals surface area contributed by atoms with Gasteiger partial charge in [-0.2, -0.15) is 0 Å². The lowest BCUT2D eigenvalue weighted by Crippen LogP contribution is -2.50. The van der Waals surface area contributed by atoms with E-state index in [9.17, 15) is 9.18 Å². The highest BCUT2D eigenvalue weighted by atomic mass is 79.9. The molecule has 18 heavy (non-hydrogen) atoms.